The van der Waals surface area contributed by atoms with E-state index in [0.717, 1.165) is 5.92 Å². The highest BCUT2D eigenvalue weighted by Crippen LogP contribution is 2.17. The van der Waals surface area contributed by atoms with E-state index in [1.165, 1.54) is 25.9 Å². The monoisotopic (exact) mass is 271 g/mol. The van der Waals surface area contributed by atoms with Gasteiger partial charge in [-0.2, -0.15) is 0 Å². The van der Waals surface area contributed by atoms with Gasteiger partial charge in [0.15, 0.2) is 0 Å². The van der Waals surface area contributed by atoms with E-state index in [1.807, 2.05) is 0 Å². The maximum Gasteiger partial charge on any atom is 0.0120 e. The van der Waals surface area contributed by atoms with Crippen molar-refractivity contribution in [1.29, 1.82) is 0 Å². The molecule has 2 atom stereocenters. The molecule has 0 amide bonds. The number of halogens is 2. The van der Waals surface area contributed by atoms with Crippen LogP contribution in [-0.2, 0) is 0 Å². The first-order valence-electron chi connectivity index (χ1n) is 3.64. The van der Waals surface area contributed by atoms with Crippen molar-refractivity contribution in [2.24, 2.45) is 5.92 Å². The molecule has 1 aliphatic heterocycles. The summed E-state index contributed by atoms with van der Waals surface area (Å²) in [6.45, 7) is 4.68. The van der Waals surface area contributed by atoms with Gasteiger partial charge in [0, 0.05) is 4.83 Å². The van der Waals surface area contributed by atoms with Crippen molar-refractivity contribution in [2.45, 2.75) is 24.6 Å². The highest BCUT2D eigenvalue weighted by molar-refractivity contribution is 9.09. The van der Waals surface area contributed by atoms with Crippen molar-refractivity contribution >= 4 is 32.9 Å². The maximum absolute atomic E-state index is 3.56. The lowest BCUT2D eigenvalue weighted by Crippen LogP contribution is -2.11. The molecule has 0 saturated carbocycles. The molecule has 1 N–H and O–H groups in total. The van der Waals surface area contributed by atoms with Crippen LogP contribution in [-0.4, -0.2) is 17.9 Å². The molecule has 1 fully saturated rings. The first-order chi connectivity index (χ1) is 4.29. The van der Waals surface area contributed by atoms with Crippen molar-refractivity contribution in [3.63, 3.8) is 0 Å². The number of hydrogen-bond donors (Lipinski definition) is 1. The minimum absolute atomic E-state index is 0. The Balaban J connectivity index is 0.000000810. The number of rotatable bonds is 2. The summed E-state index contributed by atoms with van der Waals surface area (Å²) in [5.74, 6) is 0.930. The van der Waals surface area contributed by atoms with Crippen molar-refractivity contribution in [2.75, 3.05) is 13.1 Å². The molecule has 0 radical (unpaired) electrons. The molecule has 1 heterocycles. The lowest BCUT2D eigenvalue weighted by molar-refractivity contribution is 0.535. The lowest BCUT2D eigenvalue weighted by Gasteiger charge is -2.08. The second kappa shape index (κ2) is 5.56. The Bertz CT molecular complexity index is 79.7. The third kappa shape index (κ3) is 3.94. The van der Waals surface area contributed by atoms with E-state index in [0.29, 0.717) is 4.83 Å². The van der Waals surface area contributed by atoms with Crippen LogP contribution in [0.2, 0.25) is 0 Å². The third-order valence-electron chi connectivity index (χ3n) is 1.82. The Morgan fingerprint density at radius 1 is 1.70 bits per heavy atom. The summed E-state index contributed by atoms with van der Waals surface area (Å²) in [5, 5.41) is 3.36. The summed E-state index contributed by atoms with van der Waals surface area (Å²) >= 11 is 3.56. The summed E-state index contributed by atoms with van der Waals surface area (Å²) < 4.78 is 0. The van der Waals surface area contributed by atoms with E-state index in [-0.39, 0.29) is 17.0 Å². The van der Waals surface area contributed by atoms with Crippen LogP contribution >= 0.6 is 32.9 Å². The Morgan fingerprint density at radius 2 is 2.40 bits per heavy atom. The second-order valence-electron chi connectivity index (χ2n) is 2.88. The molecular formula is C7H15Br2N. The van der Waals surface area contributed by atoms with Crippen molar-refractivity contribution in [3.05, 3.63) is 0 Å². The van der Waals surface area contributed by atoms with Crippen LogP contribution in [0.5, 0.6) is 0 Å². The zero-order valence-corrected chi connectivity index (χ0v) is 9.57. The van der Waals surface area contributed by atoms with Gasteiger partial charge in [0.05, 0.1) is 0 Å². The maximum atomic E-state index is 3.56. The number of nitrogens with one attached hydrogen (secondary N) is 1. The van der Waals surface area contributed by atoms with Crippen LogP contribution in [0.25, 0.3) is 0 Å². The molecule has 0 aliphatic carbocycles. The highest BCUT2D eigenvalue weighted by Gasteiger charge is 2.15. The van der Waals surface area contributed by atoms with Gasteiger partial charge in [-0.25, -0.2) is 0 Å². The van der Waals surface area contributed by atoms with Crippen LogP contribution in [0.1, 0.15) is 19.8 Å². The molecule has 0 aromatic rings. The van der Waals surface area contributed by atoms with Gasteiger partial charge < -0.3 is 5.32 Å². The van der Waals surface area contributed by atoms with E-state index in [4.69, 9.17) is 0 Å². The smallest absolute Gasteiger partial charge is 0.0120 e. The number of alkyl halides is 1. The first kappa shape index (κ1) is 10.9. The highest BCUT2D eigenvalue weighted by atomic mass is 79.9. The summed E-state index contributed by atoms with van der Waals surface area (Å²) in [4.78, 5) is 0.697. The van der Waals surface area contributed by atoms with Gasteiger partial charge in [0.2, 0.25) is 0 Å². The zero-order valence-electron chi connectivity index (χ0n) is 6.27. The van der Waals surface area contributed by atoms with Gasteiger partial charge in [0.25, 0.3) is 0 Å². The standard InChI is InChI=1S/C7H14BrN.BrH/c1-6(8)4-7-2-3-9-5-7;/h6-7,9H,2-5H2,1H3;1H. The van der Waals surface area contributed by atoms with E-state index in [2.05, 4.69) is 28.2 Å². The van der Waals surface area contributed by atoms with Gasteiger partial charge in [-0.1, -0.05) is 22.9 Å². The van der Waals surface area contributed by atoms with Gasteiger partial charge >= 0.3 is 0 Å². The Hall–Kier alpha value is 0.920. The molecule has 10 heavy (non-hydrogen) atoms. The normalized spacial score (nSPS) is 27.6. The lowest BCUT2D eigenvalue weighted by atomic mass is 10.0. The Morgan fingerprint density at radius 3 is 2.80 bits per heavy atom. The molecule has 0 spiro atoms. The van der Waals surface area contributed by atoms with Gasteiger partial charge in [0.1, 0.15) is 0 Å². The zero-order chi connectivity index (χ0) is 6.69. The summed E-state index contributed by atoms with van der Waals surface area (Å²) in [6.07, 6.45) is 2.70. The van der Waals surface area contributed by atoms with Crippen LogP contribution in [0, 0.1) is 5.92 Å². The van der Waals surface area contributed by atoms with E-state index >= 15 is 0 Å². The average Bonchev–Trinajstić information content (AvgIpc) is 2.15. The molecule has 3 heteroatoms. The molecule has 0 aromatic heterocycles. The molecule has 1 aliphatic rings. The van der Waals surface area contributed by atoms with Gasteiger partial charge in [-0.15, -0.1) is 17.0 Å². The van der Waals surface area contributed by atoms with Gasteiger partial charge in [-0.3, -0.25) is 0 Å². The topological polar surface area (TPSA) is 12.0 Å². The minimum Gasteiger partial charge on any atom is -0.316 e. The van der Waals surface area contributed by atoms with Crippen LogP contribution in [0.4, 0.5) is 0 Å². The fourth-order valence-electron chi connectivity index (χ4n) is 1.37. The molecule has 1 nitrogen and oxygen atoms in total. The molecule has 0 aromatic carbocycles. The predicted molar refractivity (Wildman–Crippen MR) is 54.3 cm³/mol. The van der Waals surface area contributed by atoms with Gasteiger partial charge in [-0.05, 0) is 31.8 Å². The second-order valence-corrected chi connectivity index (χ2v) is 4.44. The summed E-state index contributed by atoms with van der Waals surface area (Å²) in [7, 11) is 0. The molecule has 0 bridgehead atoms. The quantitative estimate of drug-likeness (QED) is 0.761. The van der Waals surface area contributed by atoms with Crippen molar-refractivity contribution in [1.82, 2.24) is 5.32 Å². The Labute approximate surface area is 81.9 Å². The Kier molecular flexibility index (Phi) is 6.07. The molecule has 2 unspecified atom stereocenters. The average molecular weight is 273 g/mol. The SMILES string of the molecule is Br.CC(Br)CC1CCNC1. The van der Waals surface area contributed by atoms with Crippen molar-refractivity contribution < 1.29 is 0 Å². The van der Waals surface area contributed by atoms with E-state index in [1.54, 1.807) is 0 Å². The van der Waals surface area contributed by atoms with Crippen LogP contribution < -0.4 is 5.32 Å². The number of hydrogen-bond acceptors (Lipinski definition) is 1. The molecule has 1 rings (SSSR count). The van der Waals surface area contributed by atoms with Crippen LogP contribution in [0.15, 0.2) is 0 Å². The molecule has 62 valence electrons. The largest absolute Gasteiger partial charge is 0.316 e. The van der Waals surface area contributed by atoms with Crippen LogP contribution in [0.3, 0.4) is 0 Å². The summed E-state index contributed by atoms with van der Waals surface area (Å²) in [6, 6.07) is 0. The predicted octanol–water partition coefficient (Wildman–Crippen LogP) is 2.35. The molecule has 1 saturated heterocycles. The van der Waals surface area contributed by atoms with Crippen molar-refractivity contribution in [3.8, 4) is 0 Å². The van der Waals surface area contributed by atoms with E-state index in [9.17, 15) is 0 Å². The summed E-state index contributed by atoms with van der Waals surface area (Å²) in [5.41, 5.74) is 0. The fraction of sp³-hybridized carbons (Fsp3) is 1.00. The molecular weight excluding hydrogens is 258 g/mol. The minimum atomic E-state index is 0. The first-order valence-corrected chi connectivity index (χ1v) is 4.55. The third-order valence-corrected chi connectivity index (χ3v) is 2.19. The van der Waals surface area contributed by atoms with E-state index < -0.39 is 0 Å². The fourth-order valence-corrected chi connectivity index (χ4v) is 1.90.